The number of rotatable bonds is 7. The van der Waals surface area contributed by atoms with Gasteiger partial charge in [-0.05, 0) is 50.9 Å². The van der Waals surface area contributed by atoms with E-state index < -0.39 is 0 Å². The molecule has 2 aliphatic rings. The molecule has 3 N–H and O–H groups in total. The molecule has 0 radical (unpaired) electrons. The van der Waals surface area contributed by atoms with E-state index in [1.54, 1.807) is 12.4 Å². The van der Waals surface area contributed by atoms with Gasteiger partial charge in [-0.3, -0.25) is 10.3 Å². The largest absolute Gasteiger partial charge is 0.488 e. The third-order valence-electron chi connectivity index (χ3n) is 5.76. The summed E-state index contributed by atoms with van der Waals surface area (Å²) in [7, 11) is 0. The van der Waals surface area contributed by atoms with Gasteiger partial charge in [0.05, 0.1) is 11.4 Å². The summed E-state index contributed by atoms with van der Waals surface area (Å²) in [6.07, 6.45) is 4.84. The van der Waals surface area contributed by atoms with Gasteiger partial charge in [-0.15, -0.1) is 0 Å². The zero-order chi connectivity index (χ0) is 20.4. The van der Waals surface area contributed by atoms with Crippen molar-refractivity contribution in [2.24, 2.45) is 0 Å². The van der Waals surface area contributed by atoms with Crippen LogP contribution < -0.4 is 15.4 Å². The SMILES string of the molecule is CCCN1CCN(c2cc(C(=N)c3cc(OC4(C)CC4)ccc3N)ncn2)CC1. The molecule has 7 nitrogen and oxygen atoms in total. The van der Waals surface area contributed by atoms with E-state index in [-0.39, 0.29) is 5.60 Å². The topological polar surface area (TPSA) is 91.4 Å². The number of piperazine rings is 1. The first-order valence-electron chi connectivity index (χ1n) is 10.4. The number of nitrogens with zero attached hydrogens (tertiary/aromatic N) is 4. The standard InChI is InChI=1S/C22H30N6O/c1-3-8-27-9-11-28(12-10-27)20-14-19(25-15-26-20)21(24)17-13-16(4-5-18(17)23)29-22(2)6-7-22/h4-5,13-15,24H,3,6-12,23H2,1-2H3. The van der Waals surface area contributed by atoms with Crippen molar-refractivity contribution in [2.45, 2.75) is 38.7 Å². The first-order valence-corrected chi connectivity index (χ1v) is 10.4. The van der Waals surface area contributed by atoms with Crippen molar-refractivity contribution in [1.29, 1.82) is 5.41 Å². The average Bonchev–Trinajstić information content (AvgIpc) is 3.46. The van der Waals surface area contributed by atoms with Gasteiger partial charge in [0.15, 0.2) is 0 Å². The Bertz CT molecular complexity index is 887. The molecule has 154 valence electrons. The minimum atomic E-state index is -0.0718. The van der Waals surface area contributed by atoms with Gasteiger partial charge in [-0.25, -0.2) is 9.97 Å². The summed E-state index contributed by atoms with van der Waals surface area (Å²) >= 11 is 0. The minimum absolute atomic E-state index is 0.0718. The second-order valence-corrected chi connectivity index (χ2v) is 8.27. The van der Waals surface area contributed by atoms with Crippen LogP contribution in [-0.4, -0.2) is 58.9 Å². The monoisotopic (exact) mass is 394 g/mol. The predicted molar refractivity (Wildman–Crippen MR) is 116 cm³/mol. The maximum absolute atomic E-state index is 8.70. The Morgan fingerprint density at radius 1 is 1.17 bits per heavy atom. The van der Waals surface area contributed by atoms with E-state index in [4.69, 9.17) is 15.9 Å². The van der Waals surface area contributed by atoms with Gasteiger partial charge < -0.3 is 15.4 Å². The number of hydrogen-bond donors (Lipinski definition) is 2. The van der Waals surface area contributed by atoms with Gasteiger partial charge in [0, 0.05) is 43.5 Å². The van der Waals surface area contributed by atoms with Crippen LogP contribution >= 0.6 is 0 Å². The van der Waals surface area contributed by atoms with Crippen molar-refractivity contribution in [3.05, 3.63) is 41.9 Å². The maximum atomic E-state index is 8.70. The van der Waals surface area contributed by atoms with Crippen LogP contribution in [0.25, 0.3) is 0 Å². The van der Waals surface area contributed by atoms with Gasteiger partial charge >= 0.3 is 0 Å². The van der Waals surface area contributed by atoms with Crippen LogP contribution in [0.1, 0.15) is 44.4 Å². The van der Waals surface area contributed by atoms with E-state index >= 15 is 0 Å². The lowest BCUT2D eigenvalue weighted by atomic mass is 10.0. The van der Waals surface area contributed by atoms with E-state index in [0.29, 0.717) is 22.7 Å². The number of ether oxygens (including phenoxy) is 1. The van der Waals surface area contributed by atoms with Crippen LogP contribution in [-0.2, 0) is 0 Å². The third kappa shape index (κ3) is 4.50. The highest BCUT2D eigenvalue weighted by Crippen LogP contribution is 2.40. The highest BCUT2D eigenvalue weighted by atomic mass is 16.5. The van der Waals surface area contributed by atoms with Crippen LogP contribution in [0.2, 0.25) is 0 Å². The summed E-state index contributed by atoms with van der Waals surface area (Å²) in [5, 5.41) is 8.70. The fourth-order valence-corrected chi connectivity index (χ4v) is 3.69. The highest BCUT2D eigenvalue weighted by Gasteiger charge is 2.40. The number of hydrogen-bond acceptors (Lipinski definition) is 7. The molecule has 0 amide bonds. The molecule has 0 atom stereocenters. The maximum Gasteiger partial charge on any atom is 0.132 e. The molecule has 4 rings (SSSR count). The second-order valence-electron chi connectivity index (χ2n) is 8.27. The molecule has 1 aromatic heterocycles. The molecule has 1 saturated heterocycles. The van der Waals surface area contributed by atoms with E-state index in [2.05, 4.69) is 33.6 Å². The summed E-state index contributed by atoms with van der Waals surface area (Å²) in [5.41, 5.74) is 8.17. The van der Waals surface area contributed by atoms with E-state index in [1.807, 2.05) is 18.2 Å². The number of anilines is 2. The molecule has 2 heterocycles. The Labute approximate surface area is 172 Å². The summed E-state index contributed by atoms with van der Waals surface area (Å²) in [6.45, 7) is 9.41. The molecule has 7 heteroatoms. The summed E-state index contributed by atoms with van der Waals surface area (Å²) < 4.78 is 6.05. The fourth-order valence-electron chi connectivity index (χ4n) is 3.69. The Kier molecular flexibility index (Phi) is 5.41. The van der Waals surface area contributed by atoms with Gasteiger partial charge in [-0.1, -0.05) is 6.92 Å². The molecule has 0 spiro atoms. The molecular formula is C22H30N6O. The van der Waals surface area contributed by atoms with E-state index in [0.717, 1.165) is 57.1 Å². The number of aromatic nitrogens is 2. The van der Waals surface area contributed by atoms with Crippen molar-refractivity contribution in [3.63, 3.8) is 0 Å². The summed E-state index contributed by atoms with van der Waals surface area (Å²) in [4.78, 5) is 13.5. The summed E-state index contributed by atoms with van der Waals surface area (Å²) in [6, 6.07) is 7.43. The highest BCUT2D eigenvalue weighted by molar-refractivity contribution is 6.13. The van der Waals surface area contributed by atoms with Crippen molar-refractivity contribution >= 4 is 17.2 Å². The van der Waals surface area contributed by atoms with Crippen LogP contribution in [0, 0.1) is 5.41 Å². The molecule has 2 fully saturated rings. The van der Waals surface area contributed by atoms with Crippen LogP contribution in [0.3, 0.4) is 0 Å². The summed E-state index contributed by atoms with van der Waals surface area (Å²) in [5.74, 6) is 1.62. The first kappa shape index (κ1) is 19.6. The molecule has 1 saturated carbocycles. The minimum Gasteiger partial charge on any atom is -0.488 e. The van der Waals surface area contributed by atoms with Gasteiger partial charge in [0.1, 0.15) is 23.5 Å². The average molecular weight is 395 g/mol. The number of nitrogens with two attached hydrogens (primary N) is 1. The fraction of sp³-hybridized carbons (Fsp3) is 0.500. The van der Waals surface area contributed by atoms with Crippen LogP contribution in [0.4, 0.5) is 11.5 Å². The van der Waals surface area contributed by atoms with Crippen molar-refractivity contribution in [3.8, 4) is 5.75 Å². The molecule has 1 aromatic carbocycles. The van der Waals surface area contributed by atoms with Crippen molar-refractivity contribution in [2.75, 3.05) is 43.4 Å². The Morgan fingerprint density at radius 3 is 2.62 bits per heavy atom. The number of nitrogens with one attached hydrogen (secondary N) is 1. The molecule has 2 aromatic rings. The molecule has 1 aliphatic heterocycles. The van der Waals surface area contributed by atoms with Crippen molar-refractivity contribution in [1.82, 2.24) is 14.9 Å². The lowest BCUT2D eigenvalue weighted by molar-refractivity contribution is 0.200. The van der Waals surface area contributed by atoms with Crippen molar-refractivity contribution < 1.29 is 4.74 Å². The Balaban J connectivity index is 1.51. The molecule has 0 unspecified atom stereocenters. The molecule has 0 bridgehead atoms. The molecule has 1 aliphatic carbocycles. The lowest BCUT2D eigenvalue weighted by Gasteiger charge is -2.35. The van der Waals surface area contributed by atoms with Gasteiger partial charge in [0.2, 0.25) is 0 Å². The normalized spacial score (nSPS) is 18.5. The zero-order valence-electron chi connectivity index (χ0n) is 17.3. The second kappa shape index (κ2) is 7.99. The number of benzene rings is 1. The van der Waals surface area contributed by atoms with E-state index in [9.17, 15) is 0 Å². The Hall–Kier alpha value is -2.67. The van der Waals surface area contributed by atoms with Gasteiger partial charge in [-0.2, -0.15) is 0 Å². The quantitative estimate of drug-likeness (QED) is 0.554. The van der Waals surface area contributed by atoms with Crippen LogP contribution in [0.5, 0.6) is 5.75 Å². The number of nitrogen functional groups attached to an aromatic ring is 1. The Morgan fingerprint density at radius 2 is 1.93 bits per heavy atom. The first-order chi connectivity index (χ1) is 14.0. The van der Waals surface area contributed by atoms with Gasteiger partial charge in [0.25, 0.3) is 0 Å². The smallest absolute Gasteiger partial charge is 0.132 e. The lowest BCUT2D eigenvalue weighted by Crippen LogP contribution is -2.46. The van der Waals surface area contributed by atoms with E-state index in [1.165, 1.54) is 6.42 Å². The predicted octanol–water partition coefficient (Wildman–Crippen LogP) is 2.94. The molecule has 29 heavy (non-hydrogen) atoms. The molecular weight excluding hydrogens is 364 g/mol. The third-order valence-corrected chi connectivity index (χ3v) is 5.76. The zero-order valence-corrected chi connectivity index (χ0v) is 17.3. The van der Waals surface area contributed by atoms with Crippen LogP contribution in [0.15, 0.2) is 30.6 Å².